The maximum Gasteiger partial charge on any atom is 0.156 e. The van der Waals surface area contributed by atoms with Crippen molar-refractivity contribution < 1.29 is 0 Å². The van der Waals surface area contributed by atoms with E-state index < -0.39 is 0 Å². The minimum Gasteiger partial charge on any atom is -0.286 e. The van der Waals surface area contributed by atoms with Crippen LogP contribution in [0, 0.1) is 6.92 Å². The molecule has 4 nitrogen and oxygen atoms in total. The number of rotatable bonds is 1. The predicted molar refractivity (Wildman–Crippen MR) is 43.9 cm³/mol. The summed E-state index contributed by atoms with van der Waals surface area (Å²) in [6.07, 6.45) is 8.52. The summed E-state index contributed by atoms with van der Waals surface area (Å²) in [5.41, 5.74) is 1.05. The molecule has 0 aliphatic heterocycles. The van der Waals surface area contributed by atoms with Gasteiger partial charge in [-0.3, -0.25) is 9.55 Å². The average molecular weight is 160 g/mol. The Hall–Kier alpha value is -1.71. The molecule has 12 heavy (non-hydrogen) atoms. The number of aryl methyl sites for hydroxylation is 1. The summed E-state index contributed by atoms with van der Waals surface area (Å²) in [7, 11) is 0. The van der Waals surface area contributed by atoms with E-state index in [0.29, 0.717) is 0 Å². The molecule has 0 bridgehead atoms. The number of hydrogen-bond donors (Lipinski definition) is 0. The van der Waals surface area contributed by atoms with E-state index in [2.05, 4.69) is 15.0 Å². The van der Waals surface area contributed by atoms with E-state index >= 15 is 0 Å². The third-order valence-corrected chi connectivity index (χ3v) is 1.62. The summed E-state index contributed by atoms with van der Waals surface area (Å²) in [4.78, 5) is 12.1. The molecule has 0 amide bonds. The van der Waals surface area contributed by atoms with E-state index in [9.17, 15) is 0 Å². The van der Waals surface area contributed by atoms with Gasteiger partial charge in [-0.05, 0) is 6.92 Å². The zero-order valence-corrected chi connectivity index (χ0v) is 6.68. The van der Waals surface area contributed by atoms with Crippen molar-refractivity contribution in [1.82, 2.24) is 19.5 Å². The summed E-state index contributed by atoms with van der Waals surface area (Å²) >= 11 is 0. The highest BCUT2D eigenvalue weighted by atomic mass is 15.1. The van der Waals surface area contributed by atoms with Crippen LogP contribution in [0.25, 0.3) is 5.82 Å². The number of aromatic nitrogens is 4. The van der Waals surface area contributed by atoms with Gasteiger partial charge < -0.3 is 0 Å². The first kappa shape index (κ1) is 6.97. The lowest BCUT2D eigenvalue weighted by Gasteiger charge is -2.00. The fraction of sp³-hybridized carbons (Fsp3) is 0.125. The van der Waals surface area contributed by atoms with E-state index in [1.54, 1.807) is 31.1 Å². The molecule has 60 valence electrons. The second-order valence-electron chi connectivity index (χ2n) is 2.47. The van der Waals surface area contributed by atoms with Gasteiger partial charge in [-0.15, -0.1) is 0 Å². The van der Waals surface area contributed by atoms with Crippen molar-refractivity contribution in [3.05, 3.63) is 36.8 Å². The summed E-state index contributed by atoms with van der Waals surface area (Å²) in [5, 5.41) is 0. The normalized spacial score (nSPS) is 10.1. The molecule has 0 aliphatic carbocycles. The lowest BCUT2D eigenvalue weighted by molar-refractivity contribution is 0.936. The van der Waals surface area contributed by atoms with E-state index in [0.717, 1.165) is 11.5 Å². The third-order valence-electron chi connectivity index (χ3n) is 1.62. The van der Waals surface area contributed by atoms with Crippen LogP contribution in [0.15, 0.2) is 31.1 Å². The number of hydrogen-bond acceptors (Lipinski definition) is 3. The monoisotopic (exact) mass is 160 g/mol. The molecule has 2 rings (SSSR count). The third kappa shape index (κ3) is 1.07. The van der Waals surface area contributed by atoms with Gasteiger partial charge in [0.25, 0.3) is 0 Å². The van der Waals surface area contributed by atoms with E-state index in [4.69, 9.17) is 0 Å². The maximum atomic E-state index is 4.14. The van der Waals surface area contributed by atoms with Crippen LogP contribution in [0.5, 0.6) is 0 Å². The van der Waals surface area contributed by atoms with Crippen molar-refractivity contribution in [3.63, 3.8) is 0 Å². The van der Waals surface area contributed by atoms with Gasteiger partial charge in [0, 0.05) is 24.3 Å². The fourth-order valence-electron chi connectivity index (χ4n) is 1.02. The molecule has 0 spiro atoms. The fourth-order valence-corrected chi connectivity index (χ4v) is 1.02. The van der Waals surface area contributed by atoms with Crippen molar-refractivity contribution in [2.75, 3.05) is 0 Å². The van der Waals surface area contributed by atoms with E-state index in [-0.39, 0.29) is 0 Å². The maximum absolute atomic E-state index is 4.14. The van der Waals surface area contributed by atoms with Gasteiger partial charge in [-0.1, -0.05) is 0 Å². The molecule has 0 fully saturated rings. The highest BCUT2D eigenvalue weighted by molar-refractivity contribution is 5.20. The quantitative estimate of drug-likeness (QED) is 0.624. The summed E-state index contributed by atoms with van der Waals surface area (Å²) < 4.78 is 1.88. The molecule has 0 aliphatic rings. The highest BCUT2D eigenvalue weighted by Crippen LogP contribution is 2.04. The minimum atomic E-state index is 0.799. The van der Waals surface area contributed by atoms with Gasteiger partial charge in [-0.2, -0.15) is 0 Å². The van der Waals surface area contributed by atoms with Crippen LogP contribution in [0.3, 0.4) is 0 Å². The van der Waals surface area contributed by atoms with Crippen molar-refractivity contribution >= 4 is 0 Å². The Morgan fingerprint density at radius 1 is 1.17 bits per heavy atom. The lowest BCUT2D eigenvalue weighted by Crippen LogP contribution is -1.97. The molecule has 2 aromatic rings. The first-order valence-corrected chi connectivity index (χ1v) is 3.63. The van der Waals surface area contributed by atoms with Crippen LogP contribution < -0.4 is 0 Å². The van der Waals surface area contributed by atoms with Gasteiger partial charge in [0.05, 0.1) is 6.20 Å². The van der Waals surface area contributed by atoms with Gasteiger partial charge in [0.2, 0.25) is 0 Å². The Kier molecular flexibility index (Phi) is 1.59. The number of nitrogens with zero attached hydrogens (tertiary/aromatic N) is 4. The lowest BCUT2D eigenvalue weighted by atomic mass is 10.5. The first-order chi connectivity index (χ1) is 5.88. The zero-order valence-electron chi connectivity index (χ0n) is 6.68. The molecule has 0 unspecified atom stereocenters. The molecular weight excluding hydrogens is 152 g/mol. The zero-order chi connectivity index (χ0) is 8.39. The van der Waals surface area contributed by atoms with Gasteiger partial charge in [0.15, 0.2) is 5.82 Å². The Morgan fingerprint density at radius 2 is 2.08 bits per heavy atom. The highest BCUT2D eigenvalue weighted by Gasteiger charge is 1.98. The molecule has 4 heteroatoms. The molecule has 0 radical (unpaired) electrons. The summed E-state index contributed by atoms with van der Waals surface area (Å²) in [6.45, 7) is 1.97. The molecular formula is C8H8N4. The average Bonchev–Trinajstić information content (AvgIpc) is 2.53. The van der Waals surface area contributed by atoms with Crippen molar-refractivity contribution in [2.45, 2.75) is 6.92 Å². The second kappa shape index (κ2) is 2.73. The standard InChI is InChI=1S/C8H8N4/c1-7-4-10-6-12(7)8-5-9-2-3-11-8/h2-6H,1H3. The van der Waals surface area contributed by atoms with Crippen LogP contribution in [0.4, 0.5) is 0 Å². The molecule has 0 saturated carbocycles. The van der Waals surface area contributed by atoms with Crippen LogP contribution in [0.1, 0.15) is 5.69 Å². The molecule has 0 N–H and O–H groups in total. The Balaban J connectivity index is 2.51. The van der Waals surface area contributed by atoms with Crippen molar-refractivity contribution in [3.8, 4) is 5.82 Å². The van der Waals surface area contributed by atoms with Gasteiger partial charge >= 0.3 is 0 Å². The summed E-state index contributed by atoms with van der Waals surface area (Å²) in [5.74, 6) is 0.799. The van der Waals surface area contributed by atoms with Gasteiger partial charge in [-0.25, -0.2) is 9.97 Å². The first-order valence-electron chi connectivity index (χ1n) is 3.63. The topological polar surface area (TPSA) is 43.6 Å². The molecule has 2 aromatic heterocycles. The predicted octanol–water partition coefficient (Wildman–Crippen LogP) is 0.971. The second-order valence-corrected chi connectivity index (χ2v) is 2.47. The minimum absolute atomic E-state index is 0.799. The molecule has 0 atom stereocenters. The van der Waals surface area contributed by atoms with Gasteiger partial charge in [0.1, 0.15) is 6.33 Å². The Morgan fingerprint density at radius 3 is 2.67 bits per heavy atom. The van der Waals surface area contributed by atoms with Crippen LogP contribution >= 0.6 is 0 Å². The smallest absolute Gasteiger partial charge is 0.156 e. The van der Waals surface area contributed by atoms with Crippen molar-refractivity contribution in [2.24, 2.45) is 0 Å². The molecule has 0 aromatic carbocycles. The SMILES string of the molecule is Cc1cncn1-c1cnccn1. The van der Waals surface area contributed by atoms with Crippen LogP contribution in [-0.4, -0.2) is 19.5 Å². The Labute approximate surface area is 69.9 Å². The number of imidazole rings is 1. The molecule has 0 saturated heterocycles. The molecule has 2 heterocycles. The van der Waals surface area contributed by atoms with Crippen LogP contribution in [0.2, 0.25) is 0 Å². The summed E-state index contributed by atoms with van der Waals surface area (Å²) in [6, 6.07) is 0. The largest absolute Gasteiger partial charge is 0.286 e. The van der Waals surface area contributed by atoms with E-state index in [1.165, 1.54) is 0 Å². The van der Waals surface area contributed by atoms with Crippen LogP contribution in [-0.2, 0) is 0 Å². The Bertz CT molecular complexity index is 366. The van der Waals surface area contributed by atoms with E-state index in [1.807, 2.05) is 11.5 Å². The van der Waals surface area contributed by atoms with Crippen molar-refractivity contribution in [1.29, 1.82) is 0 Å².